The third kappa shape index (κ3) is 4.52. The summed E-state index contributed by atoms with van der Waals surface area (Å²) in [5.41, 5.74) is 0. The Labute approximate surface area is 135 Å². The van der Waals surface area contributed by atoms with Crippen molar-refractivity contribution in [3.63, 3.8) is 0 Å². The highest BCUT2D eigenvalue weighted by molar-refractivity contribution is 6.74. The molecule has 130 valence electrons. The predicted octanol–water partition coefficient (Wildman–Crippen LogP) is 3.29. The van der Waals surface area contributed by atoms with Crippen molar-refractivity contribution in [3.05, 3.63) is 0 Å². The maximum absolute atomic E-state index is 6.62. The third-order valence-electron chi connectivity index (χ3n) is 5.03. The zero-order chi connectivity index (χ0) is 16.6. The van der Waals surface area contributed by atoms with E-state index in [9.17, 15) is 0 Å². The number of hydrogen-bond acceptors (Lipinski definition) is 5. The van der Waals surface area contributed by atoms with Gasteiger partial charge in [-0.1, -0.05) is 20.8 Å². The summed E-state index contributed by atoms with van der Waals surface area (Å²) < 4.78 is 28.9. The van der Waals surface area contributed by atoms with Crippen molar-refractivity contribution >= 4 is 8.32 Å². The van der Waals surface area contributed by atoms with Crippen LogP contribution in [0.25, 0.3) is 0 Å². The average molecular weight is 333 g/mol. The number of hydrogen-bond donors (Lipinski definition) is 0. The molecule has 2 aliphatic heterocycles. The Bertz CT molecular complexity index is 373. The van der Waals surface area contributed by atoms with Crippen LogP contribution in [-0.4, -0.2) is 52.9 Å². The minimum Gasteiger partial charge on any atom is -0.414 e. The average Bonchev–Trinajstić information content (AvgIpc) is 2.98. The molecule has 2 aliphatic rings. The van der Waals surface area contributed by atoms with E-state index in [0.29, 0.717) is 13.2 Å². The number of ether oxygens (including phenoxy) is 4. The molecule has 2 heterocycles. The zero-order valence-corrected chi connectivity index (χ0v) is 16.1. The molecular weight excluding hydrogens is 300 g/mol. The Balaban J connectivity index is 2.01. The lowest BCUT2D eigenvalue weighted by atomic mass is 10.1. The van der Waals surface area contributed by atoms with E-state index in [4.69, 9.17) is 23.4 Å². The fraction of sp³-hybridized carbons (Fsp3) is 1.00. The van der Waals surface area contributed by atoms with Crippen molar-refractivity contribution in [1.82, 2.24) is 0 Å². The molecule has 0 aliphatic carbocycles. The molecule has 0 aromatic heterocycles. The van der Waals surface area contributed by atoms with E-state index < -0.39 is 14.1 Å². The van der Waals surface area contributed by atoms with Crippen molar-refractivity contribution in [3.8, 4) is 0 Å². The van der Waals surface area contributed by atoms with Gasteiger partial charge < -0.3 is 23.4 Å². The highest BCUT2D eigenvalue weighted by Crippen LogP contribution is 2.40. The monoisotopic (exact) mass is 332 g/mol. The van der Waals surface area contributed by atoms with Crippen LogP contribution in [0.2, 0.25) is 18.1 Å². The Morgan fingerprint density at radius 3 is 2.27 bits per heavy atom. The van der Waals surface area contributed by atoms with Crippen molar-refractivity contribution in [1.29, 1.82) is 0 Å². The fourth-order valence-corrected chi connectivity index (χ4v) is 3.98. The molecule has 0 bridgehead atoms. The molecule has 0 spiro atoms. The van der Waals surface area contributed by atoms with Crippen molar-refractivity contribution in [2.45, 2.75) is 83.0 Å². The van der Waals surface area contributed by atoms with Gasteiger partial charge in [0.15, 0.2) is 20.4 Å². The molecule has 0 aromatic rings. The quantitative estimate of drug-likeness (QED) is 0.529. The second kappa shape index (κ2) is 6.49. The summed E-state index contributed by atoms with van der Waals surface area (Å²) >= 11 is 0. The molecule has 2 unspecified atom stereocenters. The summed E-state index contributed by atoms with van der Waals surface area (Å²) in [6, 6.07) is 0. The van der Waals surface area contributed by atoms with Crippen LogP contribution in [0.1, 0.15) is 40.5 Å². The van der Waals surface area contributed by atoms with E-state index in [-0.39, 0.29) is 23.5 Å². The zero-order valence-electron chi connectivity index (χ0n) is 15.1. The molecule has 0 amide bonds. The first-order valence-corrected chi connectivity index (χ1v) is 11.1. The molecular formula is C16H32O5Si. The summed E-state index contributed by atoms with van der Waals surface area (Å²) in [7, 11) is -0.172. The minimum atomic E-state index is -1.85. The summed E-state index contributed by atoms with van der Waals surface area (Å²) in [6.07, 6.45) is 1.67. The standard InChI is InChI=1S/C16H32O5Si/c1-15(2,3)22(6,7)21-12(10-13-14(17-5)20-13)11-16(4)18-8-9-19-16/h12-14H,8-11H2,1-7H3/t12-,13?,14?/m0/s1. The molecule has 6 heteroatoms. The predicted molar refractivity (Wildman–Crippen MR) is 87.3 cm³/mol. The summed E-state index contributed by atoms with van der Waals surface area (Å²) in [6.45, 7) is 14.6. The Morgan fingerprint density at radius 1 is 1.23 bits per heavy atom. The van der Waals surface area contributed by atoms with Gasteiger partial charge in [-0.05, 0) is 25.1 Å². The van der Waals surface area contributed by atoms with Gasteiger partial charge in [-0.25, -0.2) is 0 Å². The first kappa shape index (κ1) is 18.4. The lowest BCUT2D eigenvalue weighted by Crippen LogP contribution is -2.46. The molecule has 2 saturated heterocycles. The van der Waals surface area contributed by atoms with Crippen molar-refractivity contribution in [2.24, 2.45) is 0 Å². The van der Waals surface area contributed by atoms with Crippen LogP contribution in [-0.2, 0) is 23.4 Å². The molecule has 0 N–H and O–H groups in total. The number of rotatable bonds is 7. The van der Waals surface area contributed by atoms with Crippen LogP contribution in [0.15, 0.2) is 0 Å². The maximum Gasteiger partial charge on any atom is 0.192 e. The Kier molecular flexibility index (Phi) is 5.42. The number of epoxide rings is 1. The number of methoxy groups -OCH3 is 1. The van der Waals surface area contributed by atoms with E-state index in [1.807, 2.05) is 6.92 Å². The van der Waals surface area contributed by atoms with E-state index in [0.717, 1.165) is 12.8 Å². The molecule has 0 aromatic carbocycles. The summed E-state index contributed by atoms with van der Waals surface area (Å²) in [4.78, 5) is 0. The first-order valence-electron chi connectivity index (χ1n) is 8.20. The van der Waals surface area contributed by atoms with Gasteiger partial charge in [0.05, 0.1) is 19.3 Å². The van der Waals surface area contributed by atoms with Crippen LogP contribution in [0.3, 0.4) is 0 Å². The normalized spacial score (nSPS) is 29.6. The van der Waals surface area contributed by atoms with Gasteiger partial charge in [-0.3, -0.25) is 0 Å². The molecule has 3 atom stereocenters. The van der Waals surface area contributed by atoms with Crippen LogP contribution in [0, 0.1) is 0 Å². The SMILES string of the molecule is COC1OC1C[C@@H](CC1(C)OCCO1)O[Si](C)(C)C(C)(C)C. The Hall–Kier alpha value is 0.0169. The second-order valence-corrected chi connectivity index (χ2v) is 12.8. The summed E-state index contributed by atoms with van der Waals surface area (Å²) in [5.74, 6) is -0.537. The fourth-order valence-electron chi connectivity index (χ4n) is 2.61. The van der Waals surface area contributed by atoms with Crippen LogP contribution in [0.5, 0.6) is 0 Å². The van der Waals surface area contributed by atoms with Crippen LogP contribution in [0.4, 0.5) is 0 Å². The lowest BCUT2D eigenvalue weighted by Gasteiger charge is -2.40. The van der Waals surface area contributed by atoms with Gasteiger partial charge in [-0.15, -0.1) is 0 Å². The highest BCUT2D eigenvalue weighted by atomic mass is 28.4. The largest absolute Gasteiger partial charge is 0.414 e. The van der Waals surface area contributed by atoms with E-state index in [1.54, 1.807) is 7.11 Å². The topological polar surface area (TPSA) is 49.5 Å². The molecule has 2 rings (SSSR count). The van der Waals surface area contributed by atoms with Gasteiger partial charge in [-0.2, -0.15) is 0 Å². The first-order chi connectivity index (χ1) is 10.1. The highest BCUT2D eigenvalue weighted by Gasteiger charge is 2.46. The Morgan fingerprint density at radius 2 is 1.82 bits per heavy atom. The van der Waals surface area contributed by atoms with Gasteiger partial charge in [0, 0.05) is 20.0 Å². The van der Waals surface area contributed by atoms with Crippen LogP contribution >= 0.6 is 0 Å². The third-order valence-corrected chi connectivity index (χ3v) is 9.56. The minimum absolute atomic E-state index is 0.0640. The van der Waals surface area contributed by atoms with Crippen molar-refractivity contribution in [2.75, 3.05) is 20.3 Å². The van der Waals surface area contributed by atoms with Gasteiger partial charge in [0.1, 0.15) is 6.10 Å². The lowest BCUT2D eigenvalue weighted by molar-refractivity contribution is -0.161. The van der Waals surface area contributed by atoms with E-state index in [2.05, 4.69) is 33.9 Å². The van der Waals surface area contributed by atoms with Crippen LogP contribution < -0.4 is 0 Å². The molecule has 0 saturated carbocycles. The van der Waals surface area contributed by atoms with Gasteiger partial charge in [0.25, 0.3) is 0 Å². The maximum atomic E-state index is 6.62. The van der Waals surface area contributed by atoms with Crippen molar-refractivity contribution < 1.29 is 23.4 Å². The van der Waals surface area contributed by atoms with Gasteiger partial charge in [0.2, 0.25) is 0 Å². The smallest absolute Gasteiger partial charge is 0.192 e. The molecule has 2 fully saturated rings. The second-order valence-electron chi connectivity index (χ2n) is 8.05. The molecule has 0 radical (unpaired) electrons. The van der Waals surface area contributed by atoms with E-state index in [1.165, 1.54) is 0 Å². The molecule has 22 heavy (non-hydrogen) atoms. The van der Waals surface area contributed by atoms with Gasteiger partial charge >= 0.3 is 0 Å². The summed E-state index contributed by atoms with van der Waals surface area (Å²) in [5, 5.41) is 0.175. The van der Waals surface area contributed by atoms with E-state index >= 15 is 0 Å². The molecule has 5 nitrogen and oxygen atoms in total.